The summed E-state index contributed by atoms with van der Waals surface area (Å²) < 4.78 is 36.9. The highest BCUT2D eigenvalue weighted by Crippen LogP contribution is 2.32. The second-order valence-electron chi connectivity index (χ2n) is 4.05. The molecule has 0 atom stereocenters. The third kappa shape index (κ3) is 5.60. The third-order valence-electron chi connectivity index (χ3n) is 2.58. The molecular formula is C17H14BrF3. The van der Waals surface area contributed by atoms with Gasteiger partial charge in [0.2, 0.25) is 0 Å². The normalized spacial score (nSPS) is 10.3. The lowest BCUT2D eigenvalue weighted by atomic mass is 10.1. The first kappa shape index (κ1) is 17.2. The summed E-state index contributed by atoms with van der Waals surface area (Å²) in [5, 5.41) is 0. The summed E-state index contributed by atoms with van der Waals surface area (Å²) in [6.45, 7) is 7.10. The van der Waals surface area contributed by atoms with Crippen molar-refractivity contribution in [2.24, 2.45) is 0 Å². The second-order valence-corrected chi connectivity index (χ2v) is 4.91. The second kappa shape index (κ2) is 7.84. The van der Waals surface area contributed by atoms with Crippen LogP contribution in [-0.2, 0) is 6.18 Å². The Labute approximate surface area is 130 Å². The minimum Gasteiger partial charge on any atom is -0.166 e. The Balaban J connectivity index is 0.000000235. The third-order valence-corrected chi connectivity index (χ3v) is 3.27. The van der Waals surface area contributed by atoms with Crippen molar-refractivity contribution in [1.82, 2.24) is 0 Å². The highest BCUT2D eigenvalue weighted by atomic mass is 79.9. The predicted octanol–water partition coefficient (Wildman–Crippen LogP) is 6.44. The van der Waals surface area contributed by atoms with Crippen molar-refractivity contribution < 1.29 is 13.2 Å². The van der Waals surface area contributed by atoms with E-state index in [4.69, 9.17) is 0 Å². The van der Waals surface area contributed by atoms with Crippen LogP contribution in [0.1, 0.15) is 16.7 Å². The van der Waals surface area contributed by atoms with Gasteiger partial charge in [-0.15, -0.1) is 0 Å². The van der Waals surface area contributed by atoms with E-state index >= 15 is 0 Å². The van der Waals surface area contributed by atoms with Gasteiger partial charge < -0.3 is 0 Å². The van der Waals surface area contributed by atoms with Crippen LogP contribution in [0.4, 0.5) is 13.2 Å². The van der Waals surface area contributed by atoms with Gasteiger partial charge in [-0.25, -0.2) is 0 Å². The van der Waals surface area contributed by atoms with Crippen LogP contribution in [0.25, 0.3) is 12.2 Å². The Morgan fingerprint density at radius 2 is 1.52 bits per heavy atom. The van der Waals surface area contributed by atoms with Gasteiger partial charge in [0, 0.05) is 4.47 Å². The first-order chi connectivity index (χ1) is 9.88. The molecule has 0 aliphatic carbocycles. The molecular weight excluding hydrogens is 341 g/mol. The number of alkyl halides is 3. The molecule has 21 heavy (non-hydrogen) atoms. The molecule has 110 valence electrons. The van der Waals surface area contributed by atoms with Gasteiger partial charge in [0.1, 0.15) is 0 Å². The zero-order chi connectivity index (χ0) is 15.9. The SMILES string of the molecule is C=Cc1ccc(C(F)(F)F)cc1Br.C=Cc1ccccc1. The fraction of sp³-hybridized carbons (Fsp3) is 0.0588. The van der Waals surface area contributed by atoms with Crippen LogP contribution >= 0.6 is 15.9 Å². The van der Waals surface area contributed by atoms with Crippen LogP contribution in [0.2, 0.25) is 0 Å². The molecule has 4 heteroatoms. The van der Waals surface area contributed by atoms with Crippen LogP contribution in [0.15, 0.2) is 66.2 Å². The Morgan fingerprint density at radius 1 is 0.905 bits per heavy atom. The Morgan fingerprint density at radius 3 is 1.90 bits per heavy atom. The van der Waals surface area contributed by atoms with Crippen LogP contribution in [0.3, 0.4) is 0 Å². The van der Waals surface area contributed by atoms with E-state index in [1.165, 1.54) is 17.7 Å². The quantitative estimate of drug-likeness (QED) is 0.581. The van der Waals surface area contributed by atoms with Crippen molar-refractivity contribution in [2.75, 3.05) is 0 Å². The van der Waals surface area contributed by atoms with Gasteiger partial charge in [0.25, 0.3) is 0 Å². The maximum atomic E-state index is 12.2. The monoisotopic (exact) mass is 354 g/mol. The molecule has 2 aromatic rings. The minimum absolute atomic E-state index is 0.400. The maximum Gasteiger partial charge on any atom is 0.416 e. The zero-order valence-corrected chi connectivity index (χ0v) is 12.8. The minimum atomic E-state index is -4.29. The van der Waals surface area contributed by atoms with Crippen LogP contribution < -0.4 is 0 Å². The number of hydrogen-bond donors (Lipinski definition) is 0. The summed E-state index contributed by atoms with van der Waals surface area (Å²) in [6, 6.07) is 13.5. The highest BCUT2D eigenvalue weighted by molar-refractivity contribution is 9.10. The fourth-order valence-corrected chi connectivity index (χ4v) is 2.00. The van der Waals surface area contributed by atoms with Crippen molar-refractivity contribution in [3.8, 4) is 0 Å². The zero-order valence-electron chi connectivity index (χ0n) is 11.2. The summed E-state index contributed by atoms with van der Waals surface area (Å²) >= 11 is 3.03. The summed E-state index contributed by atoms with van der Waals surface area (Å²) in [5.41, 5.74) is 1.16. The molecule has 0 heterocycles. The van der Waals surface area contributed by atoms with Crippen molar-refractivity contribution in [2.45, 2.75) is 6.18 Å². The van der Waals surface area contributed by atoms with Crippen LogP contribution in [0.5, 0.6) is 0 Å². The molecule has 0 radical (unpaired) electrons. The maximum absolute atomic E-state index is 12.2. The van der Waals surface area contributed by atoms with Gasteiger partial charge in [-0.2, -0.15) is 13.2 Å². The Kier molecular flexibility index (Phi) is 6.43. The van der Waals surface area contributed by atoms with Gasteiger partial charge in [-0.3, -0.25) is 0 Å². The van der Waals surface area contributed by atoms with Crippen LogP contribution in [0, 0.1) is 0 Å². The number of benzene rings is 2. The first-order valence-electron chi connectivity index (χ1n) is 6.05. The van der Waals surface area contributed by atoms with Gasteiger partial charge in [-0.05, 0) is 23.3 Å². The molecule has 2 rings (SSSR count). The van der Waals surface area contributed by atoms with E-state index in [9.17, 15) is 13.2 Å². The van der Waals surface area contributed by atoms with E-state index in [1.807, 2.05) is 36.4 Å². The van der Waals surface area contributed by atoms with E-state index in [0.717, 1.165) is 12.1 Å². The highest BCUT2D eigenvalue weighted by Gasteiger charge is 2.30. The van der Waals surface area contributed by atoms with E-state index in [0.29, 0.717) is 10.0 Å². The Hall–Kier alpha value is -1.81. The number of rotatable bonds is 2. The molecule has 0 saturated carbocycles. The topological polar surface area (TPSA) is 0 Å². The van der Waals surface area contributed by atoms with Gasteiger partial charge in [0.05, 0.1) is 5.56 Å². The standard InChI is InChI=1S/C9H6BrF3.C8H8/c1-2-6-3-4-7(5-8(6)10)9(11,12)13;1-2-8-6-4-3-5-7-8/h2-5H,1H2;2-7H,1H2. The largest absolute Gasteiger partial charge is 0.416 e. The molecule has 0 amide bonds. The van der Waals surface area contributed by atoms with Crippen molar-refractivity contribution in [3.05, 3.63) is 82.9 Å². The molecule has 0 fully saturated rings. The van der Waals surface area contributed by atoms with E-state index in [-0.39, 0.29) is 0 Å². The van der Waals surface area contributed by atoms with Gasteiger partial charge in [0.15, 0.2) is 0 Å². The summed E-state index contributed by atoms with van der Waals surface area (Å²) in [6.07, 6.45) is -0.966. The molecule has 2 aromatic carbocycles. The first-order valence-corrected chi connectivity index (χ1v) is 6.84. The van der Waals surface area contributed by atoms with Gasteiger partial charge in [-0.1, -0.05) is 77.6 Å². The molecule has 0 saturated heterocycles. The summed E-state index contributed by atoms with van der Waals surface area (Å²) in [5.74, 6) is 0. The average molecular weight is 355 g/mol. The molecule has 0 nitrogen and oxygen atoms in total. The lowest BCUT2D eigenvalue weighted by molar-refractivity contribution is -0.137. The Bertz CT molecular complexity index is 601. The van der Waals surface area contributed by atoms with Crippen molar-refractivity contribution in [1.29, 1.82) is 0 Å². The lowest BCUT2D eigenvalue weighted by Crippen LogP contribution is -2.04. The molecule has 0 unspecified atom stereocenters. The molecule has 0 aliphatic heterocycles. The van der Waals surface area contributed by atoms with Crippen LogP contribution in [-0.4, -0.2) is 0 Å². The lowest BCUT2D eigenvalue weighted by Gasteiger charge is -2.07. The molecule has 0 bridgehead atoms. The smallest absolute Gasteiger partial charge is 0.166 e. The molecule has 0 aliphatic rings. The average Bonchev–Trinajstić information content (AvgIpc) is 2.47. The van der Waals surface area contributed by atoms with E-state index in [2.05, 4.69) is 29.1 Å². The fourth-order valence-electron chi connectivity index (χ4n) is 1.46. The molecule has 0 N–H and O–H groups in total. The number of halogens is 4. The predicted molar refractivity (Wildman–Crippen MR) is 85.8 cm³/mol. The van der Waals surface area contributed by atoms with E-state index in [1.54, 1.807) is 0 Å². The van der Waals surface area contributed by atoms with E-state index < -0.39 is 11.7 Å². The van der Waals surface area contributed by atoms with Crippen molar-refractivity contribution >= 4 is 28.1 Å². The summed E-state index contributed by atoms with van der Waals surface area (Å²) in [4.78, 5) is 0. The van der Waals surface area contributed by atoms with Gasteiger partial charge >= 0.3 is 6.18 Å². The molecule has 0 spiro atoms. The number of hydrogen-bond acceptors (Lipinski definition) is 0. The molecule has 0 aromatic heterocycles. The summed E-state index contributed by atoms with van der Waals surface area (Å²) in [7, 11) is 0. The van der Waals surface area contributed by atoms with Crippen molar-refractivity contribution in [3.63, 3.8) is 0 Å².